The molecule has 3 rings (SSSR count). The van der Waals surface area contributed by atoms with Crippen LogP contribution in [0.1, 0.15) is 0 Å². The second-order valence-corrected chi connectivity index (χ2v) is 4.43. The Balaban J connectivity index is 1.88. The van der Waals surface area contributed by atoms with Gasteiger partial charge in [0, 0.05) is 0 Å². The van der Waals surface area contributed by atoms with Gasteiger partial charge in [-0.1, -0.05) is 42.5 Å². The highest BCUT2D eigenvalue weighted by atomic mass is 16.5. The fourth-order valence-electron chi connectivity index (χ4n) is 1.90. The third-order valence-electron chi connectivity index (χ3n) is 2.91. The second kappa shape index (κ2) is 6.01. The number of hydrogen-bond acceptors (Lipinski definition) is 3. The molecule has 0 aliphatic heterocycles. The van der Waals surface area contributed by atoms with E-state index in [4.69, 9.17) is 9.47 Å². The van der Waals surface area contributed by atoms with Gasteiger partial charge in [0.25, 0.3) is 0 Å². The number of phenols is 1. The number of hydrogen-bond donors (Lipinski definition) is 1. The first-order valence-electron chi connectivity index (χ1n) is 6.61. The molecular weight excluding hydrogens is 264 g/mol. The molecule has 1 N–H and O–H groups in total. The molecule has 3 nitrogen and oxygen atoms in total. The van der Waals surface area contributed by atoms with Crippen molar-refractivity contribution in [3.05, 3.63) is 78.9 Å². The summed E-state index contributed by atoms with van der Waals surface area (Å²) in [7, 11) is 0. The molecular formula is C18H14O3. The van der Waals surface area contributed by atoms with Crippen LogP contribution in [-0.4, -0.2) is 5.11 Å². The van der Waals surface area contributed by atoms with Gasteiger partial charge in [0.15, 0.2) is 23.0 Å². The van der Waals surface area contributed by atoms with Gasteiger partial charge in [0.2, 0.25) is 0 Å². The third kappa shape index (κ3) is 3.15. The maximum atomic E-state index is 9.79. The Hall–Kier alpha value is -2.94. The molecule has 0 unspecified atom stereocenters. The molecule has 0 aliphatic carbocycles. The summed E-state index contributed by atoms with van der Waals surface area (Å²) in [5.41, 5.74) is 0. The molecule has 0 spiro atoms. The van der Waals surface area contributed by atoms with Crippen LogP contribution in [0.3, 0.4) is 0 Å². The monoisotopic (exact) mass is 278 g/mol. The van der Waals surface area contributed by atoms with E-state index in [1.165, 1.54) is 0 Å². The van der Waals surface area contributed by atoms with Crippen molar-refractivity contribution >= 4 is 0 Å². The van der Waals surface area contributed by atoms with Crippen molar-refractivity contribution in [1.29, 1.82) is 0 Å². The molecule has 3 aromatic rings. The van der Waals surface area contributed by atoms with Crippen LogP contribution in [0.5, 0.6) is 28.7 Å². The molecule has 0 fully saturated rings. The molecule has 0 heterocycles. The molecule has 0 saturated heterocycles. The zero-order valence-electron chi connectivity index (χ0n) is 11.3. The van der Waals surface area contributed by atoms with Gasteiger partial charge in [-0.3, -0.25) is 0 Å². The van der Waals surface area contributed by atoms with E-state index in [1.54, 1.807) is 30.3 Å². The Morgan fingerprint density at radius 1 is 0.524 bits per heavy atom. The first-order chi connectivity index (χ1) is 10.3. The second-order valence-electron chi connectivity index (χ2n) is 4.43. The van der Waals surface area contributed by atoms with Gasteiger partial charge < -0.3 is 14.6 Å². The standard InChI is InChI=1S/C18H14O3/c19-15-10-4-5-11-16(15)21-18-13-7-6-12-17(18)20-14-8-2-1-3-9-14/h1-13,19H. The number of rotatable bonds is 4. The lowest BCUT2D eigenvalue weighted by Gasteiger charge is -2.12. The first-order valence-corrected chi connectivity index (χ1v) is 6.61. The molecule has 0 aromatic heterocycles. The van der Waals surface area contributed by atoms with Crippen LogP contribution in [0.25, 0.3) is 0 Å². The average molecular weight is 278 g/mol. The summed E-state index contributed by atoms with van der Waals surface area (Å²) in [6.07, 6.45) is 0. The van der Waals surface area contributed by atoms with E-state index in [-0.39, 0.29) is 5.75 Å². The Bertz CT molecular complexity index is 723. The lowest BCUT2D eigenvalue weighted by Crippen LogP contribution is -1.90. The SMILES string of the molecule is Oc1ccccc1Oc1ccccc1Oc1ccccc1. The van der Waals surface area contributed by atoms with Crippen molar-refractivity contribution in [3.63, 3.8) is 0 Å². The fourth-order valence-corrected chi connectivity index (χ4v) is 1.90. The molecule has 21 heavy (non-hydrogen) atoms. The lowest BCUT2D eigenvalue weighted by atomic mass is 10.3. The molecule has 0 amide bonds. The van der Waals surface area contributed by atoms with Gasteiger partial charge in [0.05, 0.1) is 0 Å². The average Bonchev–Trinajstić information content (AvgIpc) is 2.52. The summed E-state index contributed by atoms with van der Waals surface area (Å²) in [4.78, 5) is 0. The third-order valence-corrected chi connectivity index (χ3v) is 2.91. The van der Waals surface area contributed by atoms with Gasteiger partial charge in [-0.25, -0.2) is 0 Å². The van der Waals surface area contributed by atoms with Crippen molar-refractivity contribution in [2.75, 3.05) is 0 Å². The molecule has 3 heteroatoms. The highest BCUT2D eigenvalue weighted by molar-refractivity contribution is 5.48. The number of benzene rings is 3. The van der Waals surface area contributed by atoms with Gasteiger partial charge in [0.1, 0.15) is 5.75 Å². The molecule has 0 bridgehead atoms. The van der Waals surface area contributed by atoms with Crippen molar-refractivity contribution in [3.8, 4) is 28.7 Å². The minimum Gasteiger partial charge on any atom is -0.504 e. The van der Waals surface area contributed by atoms with Gasteiger partial charge >= 0.3 is 0 Å². The minimum absolute atomic E-state index is 0.0898. The van der Waals surface area contributed by atoms with Crippen molar-refractivity contribution in [1.82, 2.24) is 0 Å². The predicted molar refractivity (Wildman–Crippen MR) is 81.1 cm³/mol. The summed E-state index contributed by atoms with van der Waals surface area (Å²) < 4.78 is 11.6. The summed E-state index contributed by atoms with van der Waals surface area (Å²) >= 11 is 0. The number of phenolic OH excluding ortho intramolecular Hbond substituents is 1. The van der Waals surface area contributed by atoms with Crippen LogP contribution in [0.4, 0.5) is 0 Å². The predicted octanol–water partition coefficient (Wildman–Crippen LogP) is 4.98. The number of aromatic hydroxyl groups is 1. The minimum atomic E-state index is 0.0898. The van der Waals surface area contributed by atoms with Crippen LogP contribution in [-0.2, 0) is 0 Å². The smallest absolute Gasteiger partial charge is 0.170 e. The van der Waals surface area contributed by atoms with Crippen LogP contribution < -0.4 is 9.47 Å². The molecule has 0 radical (unpaired) electrons. The molecule has 0 atom stereocenters. The highest BCUT2D eigenvalue weighted by Crippen LogP contribution is 2.37. The Labute approximate surface area is 123 Å². The first kappa shape index (κ1) is 13.1. The van der Waals surface area contributed by atoms with Crippen molar-refractivity contribution in [2.24, 2.45) is 0 Å². The Kier molecular flexibility index (Phi) is 3.74. The number of ether oxygens (including phenoxy) is 2. The van der Waals surface area contributed by atoms with E-state index in [1.807, 2.05) is 48.5 Å². The van der Waals surface area contributed by atoms with E-state index < -0.39 is 0 Å². The summed E-state index contributed by atoms with van der Waals surface area (Å²) in [6.45, 7) is 0. The quantitative estimate of drug-likeness (QED) is 0.731. The van der Waals surface area contributed by atoms with Crippen LogP contribution in [0, 0.1) is 0 Å². The van der Waals surface area contributed by atoms with Crippen molar-refractivity contribution < 1.29 is 14.6 Å². The lowest BCUT2D eigenvalue weighted by molar-refractivity contribution is 0.389. The van der Waals surface area contributed by atoms with Crippen LogP contribution in [0.2, 0.25) is 0 Å². The summed E-state index contributed by atoms with van der Waals surface area (Å²) in [6, 6.07) is 23.7. The normalized spacial score (nSPS) is 10.1. The Morgan fingerprint density at radius 3 is 1.71 bits per heavy atom. The van der Waals surface area contributed by atoms with Crippen LogP contribution >= 0.6 is 0 Å². The highest BCUT2D eigenvalue weighted by Gasteiger charge is 2.09. The van der Waals surface area contributed by atoms with Gasteiger partial charge in [-0.2, -0.15) is 0 Å². The van der Waals surface area contributed by atoms with E-state index >= 15 is 0 Å². The van der Waals surface area contributed by atoms with Gasteiger partial charge in [-0.05, 0) is 36.4 Å². The van der Waals surface area contributed by atoms with E-state index in [0.29, 0.717) is 17.2 Å². The molecule has 3 aromatic carbocycles. The van der Waals surface area contributed by atoms with E-state index in [2.05, 4.69) is 0 Å². The van der Waals surface area contributed by atoms with Crippen molar-refractivity contribution in [2.45, 2.75) is 0 Å². The maximum Gasteiger partial charge on any atom is 0.170 e. The summed E-state index contributed by atoms with van der Waals surface area (Å²) in [5.74, 6) is 2.34. The zero-order chi connectivity index (χ0) is 14.5. The maximum absolute atomic E-state index is 9.79. The molecule has 104 valence electrons. The topological polar surface area (TPSA) is 38.7 Å². The fraction of sp³-hybridized carbons (Fsp3) is 0. The molecule has 0 aliphatic rings. The number of para-hydroxylation sites is 5. The zero-order valence-corrected chi connectivity index (χ0v) is 11.3. The largest absolute Gasteiger partial charge is 0.504 e. The van der Waals surface area contributed by atoms with E-state index in [0.717, 1.165) is 5.75 Å². The summed E-state index contributed by atoms with van der Waals surface area (Å²) in [5, 5.41) is 9.79. The van der Waals surface area contributed by atoms with E-state index in [9.17, 15) is 5.11 Å². The van der Waals surface area contributed by atoms with Gasteiger partial charge in [-0.15, -0.1) is 0 Å². The Morgan fingerprint density at radius 2 is 1.05 bits per heavy atom. The molecule has 0 saturated carbocycles. The van der Waals surface area contributed by atoms with Crippen LogP contribution in [0.15, 0.2) is 78.9 Å².